The van der Waals surface area contributed by atoms with E-state index in [9.17, 15) is 26.3 Å². The molecule has 3 heterocycles. The Kier molecular flexibility index (Phi) is 4.13. The normalized spacial score (nSPS) is 13.0. The first-order valence-electron chi connectivity index (χ1n) is 7.66. The molecule has 4 rings (SSSR count). The van der Waals surface area contributed by atoms with Crippen molar-refractivity contribution < 1.29 is 26.3 Å². The second-order valence-electron chi connectivity index (χ2n) is 6.01. The molecule has 11 heteroatoms. The van der Waals surface area contributed by atoms with E-state index in [1.165, 1.54) is 10.6 Å². The Hall–Kier alpha value is -2.33. The van der Waals surface area contributed by atoms with Gasteiger partial charge in [0.2, 0.25) is 0 Å². The fourth-order valence-corrected chi connectivity index (χ4v) is 4.33. The quantitative estimate of drug-likeness (QED) is 0.318. The van der Waals surface area contributed by atoms with Crippen LogP contribution in [0.4, 0.5) is 26.3 Å². The highest BCUT2D eigenvalue weighted by Gasteiger charge is 2.33. The fraction of sp³-hybridized carbons (Fsp3) is 0.176. The molecule has 0 N–H and O–H groups in total. The number of rotatable bonds is 1. The fourth-order valence-electron chi connectivity index (χ4n) is 2.82. The van der Waals surface area contributed by atoms with Crippen molar-refractivity contribution in [2.45, 2.75) is 12.4 Å². The summed E-state index contributed by atoms with van der Waals surface area (Å²) in [6.07, 6.45) is -8.38. The zero-order chi connectivity index (χ0) is 20.4. The number of fused-ring (bicyclic) bond motifs is 2. The van der Waals surface area contributed by atoms with Gasteiger partial charge < -0.3 is 4.57 Å². The number of aryl methyl sites for hydroxylation is 1. The predicted molar refractivity (Wildman–Crippen MR) is 94.3 cm³/mol. The number of hydrogen-bond donors (Lipinski definition) is 0. The Morgan fingerprint density at radius 3 is 2.32 bits per heavy atom. The van der Waals surface area contributed by atoms with Crippen LogP contribution in [-0.4, -0.2) is 14.5 Å². The van der Waals surface area contributed by atoms with Crippen molar-refractivity contribution in [2.75, 3.05) is 0 Å². The lowest BCUT2D eigenvalue weighted by atomic mass is 10.1. The molecular weight excluding hydrogens is 428 g/mol. The molecule has 0 atom stereocenters. The van der Waals surface area contributed by atoms with E-state index in [2.05, 4.69) is 9.97 Å². The van der Waals surface area contributed by atoms with Gasteiger partial charge in [-0.25, -0.2) is 9.97 Å². The van der Waals surface area contributed by atoms with Crippen molar-refractivity contribution in [1.29, 1.82) is 0 Å². The van der Waals surface area contributed by atoms with Gasteiger partial charge in [-0.3, -0.25) is 0 Å². The minimum atomic E-state index is -4.57. The van der Waals surface area contributed by atoms with Crippen LogP contribution in [0.2, 0.25) is 5.02 Å². The van der Waals surface area contributed by atoms with Crippen molar-refractivity contribution in [1.82, 2.24) is 14.5 Å². The number of benzene rings is 1. The molecule has 0 saturated carbocycles. The van der Waals surface area contributed by atoms with Gasteiger partial charge in [0.1, 0.15) is 5.52 Å². The summed E-state index contributed by atoms with van der Waals surface area (Å²) < 4.78 is 79.5. The second kappa shape index (κ2) is 6.08. The molecule has 0 spiro atoms. The van der Waals surface area contributed by atoms with E-state index >= 15 is 0 Å². The first-order chi connectivity index (χ1) is 13.0. The Bertz CT molecular complexity index is 1220. The monoisotopic (exact) mass is 435 g/mol. The van der Waals surface area contributed by atoms with Crippen LogP contribution in [0.5, 0.6) is 0 Å². The highest BCUT2D eigenvalue weighted by atomic mass is 35.5. The van der Waals surface area contributed by atoms with E-state index in [-0.39, 0.29) is 27.4 Å². The summed E-state index contributed by atoms with van der Waals surface area (Å²) in [7, 11) is 1.55. The third-order valence-electron chi connectivity index (χ3n) is 4.19. The van der Waals surface area contributed by atoms with Crippen LogP contribution in [-0.2, 0) is 19.4 Å². The van der Waals surface area contributed by atoms with Crippen LogP contribution >= 0.6 is 22.9 Å². The molecule has 0 fully saturated rings. The largest absolute Gasteiger partial charge is 0.417 e. The maximum absolute atomic E-state index is 13.0. The average Bonchev–Trinajstić information content (AvgIpc) is 3.10. The van der Waals surface area contributed by atoms with E-state index < -0.39 is 23.5 Å². The third-order valence-corrected chi connectivity index (χ3v) is 5.87. The minimum Gasteiger partial charge on any atom is -0.311 e. The third kappa shape index (κ3) is 3.00. The van der Waals surface area contributed by atoms with Crippen LogP contribution in [0.3, 0.4) is 0 Å². The van der Waals surface area contributed by atoms with Gasteiger partial charge in [-0.15, -0.1) is 11.3 Å². The zero-order valence-electron chi connectivity index (χ0n) is 13.8. The molecule has 28 heavy (non-hydrogen) atoms. The predicted octanol–water partition coefficient (Wildman–Crippen LogP) is 6.54. The lowest BCUT2D eigenvalue weighted by Gasteiger charge is -2.05. The summed E-state index contributed by atoms with van der Waals surface area (Å²) in [4.78, 5) is 8.36. The minimum absolute atomic E-state index is 0.0110. The van der Waals surface area contributed by atoms with Crippen molar-refractivity contribution >= 4 is 44.2 Å². The van der Waals surface area contributed by atoms with Gasteiger partial charge in [-0.05, 0) is 24.3 Å². The van der Waals surface area contributed by atoms with E-state index in [4.69, 9.17) is 11.6 Å². The molecule has 0 unspecified atom stereocenters. The van der Waals surface area contributed by atoms with Crippen LogP contribution in [0.15, 0.2) is 30.5 Å². The van der Waals surface area contributed by atoms with Crippen molar-refractivity contribution in [3.63, 3.8) is 0 Å². The van der Waals surface area contributed by atoms with E-state index in [1.807, 2.05) is 0 Å². The molecule has 0 saturated heterocycles. The van der Waals surface area contributed by atoms with Gasteiger partial charge in [-0.2, -0.15) is 26.3 Å². The maximum atomic E-state index is 13.0. The number of imidazole rings is 1. The lowest BCUT2D eigenvalue weighted by molar-refractivity contribution is -0.138. The maximum Gasteiger partial charge on any atom is 0.417 e. The Morgan fingerprint density at radius 1 is 1.00 bits per heavy atom. The van der Waals surface area contributed by atoms with Gasteiger partial charge in [0.25, 0.3) is 0 Å². The van der Waals surface area contributed by atoms with Gasteiger partial charge in [0.15, 0.2) is 11.5 Å². The van der Waals surface area contributed by atoms with Gasteiger partial charge in [0, 0.05) is 23.3 Å². The first kappa shape index (κ1) is 19.0. The Morgan fingerprint density at radius 2 is 1.68 bits per heavy atom. The highest BCUT2D eigenvalue weighted by molar-refractivity contribution is 7.23. The number of thiophene rings is 1. The van der Waals surface area contributed by atoms with E-state index in [1.54, 1.807) is 7.05 Å². The van der Waals surface area contributed by atoms with Crippen molar-refractivity contribution in [3.05, 3.63) is 46.6 Å². The second-order valence-corrected chi connectivity index (χ2v) is 7.44. The summed E-state index contributed by atoms with van der Waals surface area (Å²) >= 11 is 7.41. The van der Waals surface area contributed by atoms with E-state index in [0.717, 1.165) is 29.5 Å². The van der Waals surface area contributed by atoms with Gasteiger partial charge >= 0.3 is 12.4 Å². The number of pyridine rings is 1. The first-order valence-corrected chi connectivity index (χ1v) is 8.85. The van der Waals surface area contributed by atoms with Crippen molar-refractivity contribution in [3.8, 4) is 10.7 Å². The van der Waals surface area contributed by atoms with Crippen LogP contribution < -0.4 is 0 Å². The van der Waals surface area contributed by atoms with Crippen LogP contribution in [0, 0.1) is 0 Å². The van der Waals surface area contributed by atoms with Crippen molar-refractivity contribution in [2.24, 2.45) is 7.05 Å². The molecule has 0 amide bonds. The topological polar surface area (TPSA) is 30.7 Å². The molecule has 0 radical (unpaired) electrons. The highest BCUT2D eigenvalue weighted by Crippen LogP contribution is 2.44. The average molecular weight is 436 g/mol. The number of halogens is 7. The Balaban J connectivity index is 1.91. The Labute approximate surface area is 162 Å². The van der Waals surface area contributed by atoms with Crippen LogP contribution in [0.25, 0.3) is 32.0 Å². The number of nitrogens with zero attached hydrogens (tertiary/aromatic N) is 3. The molecule has 0 bridgehead atoms. The molecule has 146 valence electrons. The molecular formula is C17H8ClF6N3S. The SMILES string of the molecule is Cn1c(-c2sc3ccc(C(F)(F)F)cc3c2Cl)nc2cc(C(F)(F)F)cnc21. The van der Waals surface area contributed by atoms with Gasteiger partial charge in [0.05, 0.1) is 21.0 Å². The molecule has 0 aliphatic carbocycles. The summed E-state index contributed by atoms with van der Waals surface area (Å²) in [6.45, 7) is 0. The zero-order valence-corrected chi connectivity index (χ0v) is 15.4. The van der Waals surface area contributed by atoms with Crippen LogP contribution in [0.1, 0.15) is 11.1 Å². The molecule has 3 nitrogen and oxygen atoms in total. The smallest absolute Gasteiger partial charge is 0.311 e. The molecule has 1 aromatic carbocycles. The molecule has 0 aliphatic rings. The van der Waals surface area contributed by atoms with E-state index in [0.29, 0.717) is 15.8 Å². The number of hydrogen-bond acceptors (Lipinski definition) is 3. The lowest BCUT2D eigenvalue weighted by Crippen LogP contribution is -2.05. The molecule has 3 aromatic heterocycles. The summed E-state index contributed by atoms with van der Waals surface area (Å²) in [5, 5.41) is 0.257. The van der Waals surface area contributed by atoms with Gasteiger partial charge in [-0.1, -0.05) is 11.6 Å². The number of aromatic nitrogens is 3. The standard InChI is InChI=1S/C17H8ClF6N3S/c1-27-14-10(5-8(6-25-14)17(22,23)24)26-15(27)13-12(18)9-4-7(16(19,20)21)2-3-11(9)28-13/h2-6H,1H3. The molecule has 0 aliphatic heterocycles. The summed E-state index contributed by atoms with van der Waals surface area (Å²) in [5.41, 5.74) is -1.57. The summed E-state index contributed by atoms with van der Waals surface area (Å²) in [5.74, 6) is 0.224. The number of alkyl halides is 6. The molecule has 4 aromatic rings. The summed E-state index contributed by atoms with van der Waals surface area (Å²) in [6, 6.07) is 4.07.